The first-order chi connectivity index (χ1) is 22.4. The number of benzene rings is 1. The standard InChI is InChI=1S/C35H43FN8O2/c1-21(2)31(24-7-9-26(13-24)41-33(45)23-5-6-23)44-17-35(18-44)11-12-43(16-35)32-34(42-40-20-39-32)46-29-10-8-25(36)14-27(29)28-15-37-19-38-30(28)22-3-4-22/h8,10,14-15,19-24,26,31H,3-7,9,11-13,16-18H2,1-2H3,(H,41,45)/t24-,26+,31-/m0/s1. The predicted octanol–water partition coefficient (Wildman–Crippen LogP) is 5.37. The first-order valence-corrected chi connectivity index (χ1v) is 17.1. The molecule has 2 aromatic heterocycles. The van der Waals surface area contributed by atoms with E-state index in [1.807, 2.05) is 0 Å². The molecule has 0 radical (unpaired) electrons. The van der Waals surface area contributed by atoms with Gasteiger partial charge in [-0.3, -0.25) is 9.69 Å². The third-order valence-electron chi connectivity index (χ3n) is 10.9. The van der Waals surface area contributed by atoms with Crippen molar-refractivity contribution < 1.29 is 13.9 Å². The first kappa shape index (κ1) is 29.7. The molecule has 0 bridgehead atoms. The quantitative estimate of drug-likeness (QED) is 0.318. The minimum Gasteiger partial charge on any atom is -0.434 e. The van der Waals surface area contributed by atoms with Gasteiger partial charge in [0.05, 0.1) is 5.69 Å². The molecule has 11 heteroatoms. The largest absolute Gasteiger partial charge is 0.434 e. The molecule has 3 atom stereocenters. The molecule has 1 amide bonds. The average molecular weight is 627 g/mol. The Balaban J connectivity index is 0.955. The van der Waals surface area contributed by atoms with Crippen LogP contribution in [0.1, 0.15) is 76.8 Å². The van der Waals surface area contributed by atoms with Crippen molar-refractivity contribution in [2.45, 2.75) is 83.2 Å². The second kappa shape index (κ2) is 11.8. The maximum Gasteiger partial charge on any atom is 0.282 e. The number of halogens is 1. The van der Waals surface area contributed by atoms with E-state index >= 15 is 0 Å². The number of amides is 1. The van der Waals surface area contributed by atoms with Crippen molar-refractivity contribution in [1.82, 2.24) is 35.4 Å². The predicted molar refractivity (Wildman–Crippen MR) is 171 cm³/mol. The van der Waals surface area contributed by atoms with Crippen LogP contribution in [-0.4, -0.2) is 74.2 Å². The molecular formula is C35H43FN8O2. The Morgan fingerprint density at radius 3 is 2.67 bits per heavy atom. The van der Waals surface area contributed by atoms with Crippen molar-refractivity contribution in [3.63, 3.8) is 0 Å². The summed E-state index contributed by atoms with van der Waals surface area (Å²) in [6.07, 6.45) is 13.5. The highest BCUT2D eigenvalue weighted by Gasteiger charge is 2.52. The van der Waals surface area contributed by atoms with Gasteiger partial charge in [0.2, 0.25) is 5.91 Å². The van der Waals surface area contributed by atoms with Crippen LogP contribution in [0.3, 0.4) is 0 Å². The van der Waals surface area contributed by atoms with Gasteiger partial charge in [-0.05, 0) is 81.4 Å². The average Bonchev–Trinajstić information content (AvgIpc) is 3.97. The summed E-state index contributed by atoms with van der Waals surface area (Å²) >= 11 is 0. The fourth-order valence-corrected chi connectivity index (χ4v) is 8.46. The minimum atomic E-state index is -0.350. The number of hydrogen-bond acceptors (Lipinski definition) is 9. The van der Waals surface area contributed by atoms with Crippen LogP contribution in [0.4, 0.5) is 10.2 Å². The molecule has 2 saturated heterocycles. The Kier molecular flexibility index (Phi) is 7.62. The lowest BCUT2D eigenvalue weighted by atomic mass is 9.74. The Morgan fingerprint density at radius 2 is 1.89 bits per heavy atom. The van der Waals surface area contributed by atoms with Crippen molar-refractivity contribution in [2.24, 2.45) is 23.2 Å². The second-order valence-corrected chi connectivity index (χ2v) is 14.8. The fraction of sp³-hybridized carbons (Fsp3) is 0.600. The molecule has 46 heavy (non-hydrogen) atoms. The smallest absolute Gasteiger partial charge is 0.282 e. The van der Waals surface area contributed by atoms with Crippen molar-refractivity contribution in [3.8, 4) is 22.8 Å². The van der Waals surface area contributed by atoms with Crippen molar-refractivity contribution in [2.75, 3.05) is 31.1 Å². The Bertz CT molecular complexity index is 1600. The van der Waals surface area contributed by atoms with Gasteiger partial charge in [-0.15, -0.1) is 10.2 Å². The van der Waals surface area contributed by atoms with Crippen LogP contribution in [0.15, 0.2) is 37.1 Å². The summed E-state index contributed by atoms with van der Waals surface area (Å²) in [4.78, 5) is 30.8. The molecule has 3 aromatic rings. The summed E-state index contributed by atoms with van der Waals surface area (Å²) in [5, 5.41) is 11.7. The summed E-state index contributed by atoms with van der Waals surface area (Å²) in [6.45, 7) is 8.57. The number of likely N-dealkylation sites (tertiary alicyclic amines) is 1. The topological polar surface area (TPSA) is 109 Å². The van der Waals surface area contributed by atoms with Gasteiger partial charge in [0.25, 0.3) is 5.88 Å². The molecule has 1 spiro atoms. The highest BCUT2D eigenvalue weighted by molar-refractivity contribution is 5.81. The van der Waals surface area contributed by atoms with Crippen LogP contribution in [0.5, 0.6) is 11.6 Å². The van der Waals surface area contributed by atoms with Crippen molar-refractivity contribution >= 4 is 11.7 Å². The molecule has 2 aliphatic heterocycles. The van der Waals surface area contributed by atoms with E-state index in [9.17, 15) is 9.18 Å². The fourth-order valence-electron chi connectivity index (χ4n) is 8.46. The molecule has 8 rings (SSSR count). The monoisotopic (exact) mass is 626 g/mol. The van der Waals surface area contributed by atoms with Gasteiger partial charge < -0.3 is 15.0 Å². The SMILES string of the molecule is CC(C)[C@@H]([C@H]1CC[C@@H](NC(=O)C2CC2)C1)N1CC2(CCN(c3ncnnc3Oc3ccc(F)cc3-c3cncnc3C3CC3)C2)C1. The number of nitrogens with zero attached hydrogens (tertiary/aromatic N) is 7. The molecule has 0 unspecified atom stereocenters. The molecule has 5 aliphatic rings. The van der Waals surface area contributed by atoms with Crippen LogP contribution in [0, 0.1) is 29.0 Å². The summed E-state index contributed by atoms with van der Waals surface area (Å²) in [7, 11) is 0. The zero-order chi connectivity index (χ0) is 31.4. The number of ether oxygens (including phenoxy) is 1. The number of carbonyl (C=O) groups is 1. The second-order valence-electron chi connectivity index (χ2n) is 14.8. The van der Waals surface area contributed by atoms with E-state index in [0.29, 0.717) is 52.8 Å². The summed E-state index contributed by atoms with van der Waals surface area (Å²) in [6, 6.07) is 5.38. The maximum absolute atomic E-state index is 14.5. The summed E-state index contributed by atoms with van der Waals surface area (Å²) in [5.74, 6) is 3.20. The van der Waals surface area contributed by atoms with Crippen LogP contribution in [0.25, 0.3) is 11.1 Å². The van der Waals surface area contributed by atoms with Gasteiger partial charge in [-0.1, -0.05) is 13.8 Å². The van der Waals surface area contributed by atoms with Gasteiger partial charge in [-0.2, -0.15) is 0 Å². The number of nitrogens with one attached hydrogen (secondary N) is 1. The molecular weight excluding hydrogens is 583 g/mol. The van der Waals surface area contributed by atoms with Crippen molar-refractivity contribution in [1.29, 1.82) is 0 Å². The van der Waals surface area contributed by atoms with E-state index in [4.69, 9.17) is 4.74 Å². The summed E-state index contributed by atoms with van der Waals surface area (Å²) < 4.78 is 21.0. The Morgan fingerprint density at radius 1 is 1.04 bits per heavy atom. The van der Waals surface area contributed by atoms with E-state index in [1.54, 1.807) is 18.6 Å². The number of anilines is 1. The molecule has 1 aromatic carbocycles. The Hall–Kier alpha value is -3.73. The van der Waals surface area contributed by atoms with E-state index in [-0.39, 0.29) is 23.1 Å². The molecule has 242 valence electrons. The first-order valence-electron chi connectivity index (χ1n) is 17.1. The van der Waals surface area contributed by atoms with Gasteiger partial charge in [0.15, 0.2) is 5.82 Å². The van der Waals surface area contributed by atoms with Gasteiger partial charge in [-0.25, -0.2) is 19.3 Å². The lowest BCUT2D eigenvalue weighted by Crippen LogP contribution is -2.63. The Labute approximate surface area is 269 Å². The highest BCUT2D eigenvalue weighted by atomic mass is 19.1. The molecule has 5 fully saturated rings. The molecule has 1 N–H and O–H groups in total. The lowest BCUT2D eigenvalue weighted by molar-refractivity contribution is -0.123. The van der Waals surface area contributed by atoms with Crippen LogP contribution in [-0.2, 0) is 4.79 Å². The van der Waals surface area contributed by atoms with Crippen LogP contribution < -0.4 is 15.0 Å². The van der Waals surface area contributed by atoms with Crippen LogP contribution in [0.2, 0.25) is 0 Å². The van der Waals surface area contributed by atoms with E-state index in [1.165, 1.54) is 24.9 Å². The van der Waals surface area contributed by atoms with Gasteiger partial charge >= 0.3 is 0 Å². The van der Waals surface area contributed by atoms with E-state index in [2.05, 4.69) is 54.1 Å². The van der Waals surface area contributed by atoms with E-state index in [0.717, 1.165) is 82.4 Å². The molecule has 4 heterocycles. The third-order valence-corrected chi connectivity index (χ3v) is 10.9. The number of aromatic nitrogens is 5. The zero-order valence-electron chi connectivity index (χ0n) is 26.7. The summed E-state index contributed by atoms with van der Waals surface area (Å²) in [5.41, 5.74) is 2.52. The lowest BCUT2D eigenvalue weighted by Gasteiger charge is -2.54. The normalized spacial score (nSPS) is 24.7. The molecule has 3 aliphatic carbocycles. The zero-order valence-corrected chi connectivity index (χ0v) is 26.7. The molecule has 3 saturated carbocycles. The van der Waals surface area contributed by atoms with Crippen LogP contribution >= 0.6 is 0 Å². The maximum atomic E-state index is 14.5. The number of carbonyl (C=O) groups excluding carboxylic acids is 1. The number of rotatable bonds is 10. The van der Waals surface area contributed by atoms with Crippen molar-refractivity contribution in [3.05, 3.63) is 48.6 Å². The van der Waals surface area contributed by atoms with Gasteiger partial charge in [0, 0.05) is 72.8 Å². The van der Waals surface area contributed by atoms with Gasteiger partial charge in [0.1, 0.15) is 24.2 Å². The third kappa shape index (κ3) is 5.82. The van der Waals surface area contributed by atoms with E-state index < -0.39 is 0 Å². The number of hydrogen-bond donors (Lipinski definition) is 1. The minimum absolute atomic E-state index is 0.204. The highest BCUT2D eigenvalue weighted by Crippen LogP contribution is 2.48. The molecule has 10 nitrogen and oxygen atoms in total.